The third-order valence-electron chi connectivity index (χ3n) is 5.36. The van der Waals surface area contributed by atoms with E-state index in [1.54, 1.807) is 0 Å². The zero-order valence-corrected chi connectivity index (χ0v) is 19.8. The topological polar surface area (TPSA) is 150 Å². The minimum absolute atomic E-state index is 0.106. The highest BCUT2D eigenvalue weighted by molar-refractivity contribution is 6.06. The van der Waals surface area contributed by atoms with Crippen molar-refractivity contribution >= 4 is 23.2 Å². The second-order valence-electron chi connectivity index (χ2n) is 8.76. The normalized spacial score (nSPS) is 11.9. The predicted molar refractivity (Wildman–Crippen MR) is 126 cm³/mol. The Balaban J connectivity index is 3.02. The fraction of sp³-hybridized carbons (Fsp3) is 0.652. The molecule has 10 heteroatoms. The minimum Gasteiger partial charge on any atom is -0.320 e. The molecule has 0 bridgehead atoms. The van der Waals surface area contributed by atoms with Crippen molar-refractivity contribution in [3.8, 4) is 0 Å². The van der Waals surface area contributed by atoms with Crippen LogP contribution in [-0.4, -0.2) is 39.1 Å². The molecular formula is C23H36N4O6. The van der Waals surface area contributed by atoms with E-state index in [1.807, 2.05) is 13.8 Å². The molecule has 1 rings (SSSR count). The van der Waals surface area contributed by atoms with Gasteiger partial charge in [-0.15, -0.1) is 0 Å². The average molecular weight is 465 g/mol. The van der Waals surface area contributed by atoms with Crippen LogP contribution in [0.15, 0.2) is 18.2 Å². The van der Waals surface area contributed by atoms with Crippen LogP contribution in [0.4, 0.5) is 11.4 Å². The molecule has 0 aliphatic rings. The summed E-state index contributed by atoms with van der Waals surface area (Å²) in [6, 6.07) is 1.79. The third-order valence-corrected chi connectivity index (χ3v) is 5.36. The lowest BCUT2D eigenvalue weighted by Gasteiger charge is -2.25. The van der Waals surface area contributed by atoms with Crippen molar-refractivity contribution in [3.63, 3.8) is 0 Å². The molecule has 0 heterocycles. The molecular weight excluding hydrogens is 428 g/mol. The summed E-state index contributed by atoms with van der Waals surface area (Å²) in [6.45, 7) is 6.07. The molecule has 0 spiro atoms. The fourth-order valence-electron chi connectivity index (χ4n) is 3.61. The van der Waals surface area contributed by atoms with Crippen LogP contribution in [0.25, 0.3) is 0 Å². The van der Waals surface area contributed by atoms with Gasteiger partial charge in [-0.1, -0.05) is 65.7 Å². The molecule has 2 N–H and O–H groups in total. The van der Waals surface area contributed by atoms with Gasteiger partial charge in [0, 0.05) is 18.7 Å². The first-order valence-electron chi connectivity index (χ1n) is 11.6. The number of unbranched alkanes of at least 4 members (excludes halogenated alkanes) is 7. The molecule has 0 saturated carbocycles. The van der Waals surface area contributed by atoms with E-state index in [9.17, 15) is 29.8 Å². The van der Waals surface area contributed by atoms with Gasteiger partial charge in [0.15, 0.2) is 0 Å². The van der Waals surface area contributed by atoms with E-state index in [-0.39, 0.29) is 18.0 Å². The van der Waals surface area contributed by atoms with Gasteiger partial charge in [0.05, 0.1) is 27.5 Å². The number of hydrogen-bond donors (Lipinski definition) is 1. The number of benzene rings is 1. The number of amides is 2. The molecule has 0 aromatic heterocycles. The van der Waals surface area contributed by atoms with Crippen molar-refractivity contribution in [3.05, 3.63) is 44.0 Å². The highest BCUT2D eigenvalue weighted by atomic mass is 16.6. The maximum absolute atomic E-state index is 13.2. The largest absolute Gasteiger partial charge is 0.320 e. The highest BCUT2D eigenvalue weighted by Crippen LogP contribution is 2.24. The maximum Gasteiger partial charge on any atom is 0.277 e. The van der Waals surface area contributed by atoms with Crippen molar-refractivity contribution in [1.29, 1.82) is 0 Å². The summed E-state index contributed by atoms with van der Waals surface area (Å²) in [7, 11) is 0. The van der Waals surface area contributed by atoms with Crippen LogP contribution in [0, 0.1) is 26.1 Å². The van der Waals surface area contributed by atoms with Gasteiger partial charge in [-0.05, 0) is 18.8 Å². The standard InChI is InChI=1S/C23H36N4O6/c1-4-5-6-7-8-9-10-11-12-25(23(29)21(24)13-17(2)3)22(28)18-14-19(26(30)31)16-20(15-18)27(32)33/h14-17,21H,4-13,24H2,1-3H3/t21-/m0/s1. The van der Waals surface area contributed by atoms with Crippen molar-refractivity contribution < 1.29 is 19.4 Å². The number of carbonyl (C=O) groups excluding carboxylic acids is 2. The SMILES string of the molecule is CCCCCCCCCCN(C(=O)c1cc([N+](=O)[O-])cc([N+](=O)[O-])c1)C(=O)[C@@H](N)CC(C)C. The first kappa shape index (κ1) is 28.2. The van der Waals surface area contributed by atoms with Crippen molar-refractivity contribution in [1.82, 2.24) is 4.90 Å². The van der Waals surface area contributed by atoms with Crippen LogP contribution in [0.3, 0.4) is 0 Å². The van der Waals surface area contributed by atoms with Crippen molar-refractivity contribution in [2.45, 2.75) is 84.6 Å². The smallest absolute Gasteiger partial charge is 0.277 e. The molecule has 0 unspecified atom stereocenters. The molecule has 0 radical (unpaired) electrons. The average Bonchev–Trinajstić information content (AvgIpc) is 2.76. The number of hydrogen-bond acceptors (Lipinski definition) is 7. The molecule has 0 saturated heterocycles. The second kappa shape index (κ2) is 14.3. The number of nitro groups is 2. The second-order valence-corrected chi connectivity index (χ2v) is 8.76. The summed E-state index contributed by atoms with van der Waals surface area (Å²) in [4.78, 5) is 47.9. The summed E-state index contributed by atoms with van der Waals surface area (Å²) >= 11 is 0. The molecule has 0 aliphatic carbocycles. The quantitative estimate of drug-likeness (QED) is 0.218. The van der Waals surface area contributed by atoms with Gasteiger partial charge in [-0.25, -0.2) is 0 Å². The monoisotopic (exact) mass is 464 g/mol. The lowest BCUT2D eigenvalue weighted by molar-refractivity contribution is -0.394. The minimum atomic E-state index is -0.906. The van der Waals surface area contributed by atoms with E-state index in [4.69, 9.17) is 5.73 Å². The summed E-state index contributed by atoms with van der Waals surface area (Å²) in [5.41, 5.74) is 4.58. The van der Waals surface area contributed by atoms with Crippen LogP contribution in [0.5, 0.6) is 0 Å². The molecule has 10 nitrogen and oxygen atoms in total. The molecule has 2 amide bonds. The molecule has 0 fully saturated rings. The Hall–Kier alpha value is -2.88. The number of nitro benzene ring substituents is 2. The van der Waals surface area contributed by atoms with Gasteiger partial charge in [0.2, 0.25) is 5.91 Å². The van der Waals surface area contributed by atoms with Gasteiger partial charge < -0.3 is 5.73 Å². The summed E-state index contributed by atoms with van der Waals surface area (Å²) in [5, 5.41) is 22.4. The Morgan fingerprint density at radius 2 is 1.39 bits per heavy atom. The summed E-state index contributed by atoms with van der Waals surface area (Å²) in [5.74, 6) is -1.26. The maximum atomic E-state index is 13.2. The van der Waals surface area contributed by atoms with E-state index >= 15 is 0 Å². The number of imide groups is 1. The van der Waals surface area contributed by atoms with E-state index in [1.165, 1.54) is 19.3 Å². The number of non-ortho nitro benzene ring substituents is 2. The van der Waals surface area contributed by atoms with Crippen LogP contribution in [0.1, 0.15) is 88.9 Å². The van der Waals surface area contributed by atoms with Gasteiger partial charge in [-0.2, -0.15) is 0 Å². The molecule has 1 atom stereocenters. The Bertz CT molecular complexity index is 795. The van der Waals surface area contributed by atoms with Crippen molar-refractivity contribution in [2.24, 2.45) is 11.7 Å². The van der Waals surface area contributed by atoms with Gasteiger partial charge >= 0.3 is 0 Å². The fourth-order valence-corrected chi connectivity index (χ4v) is 3.61. The van der Waals surface area contributed by atoms with Gasteiger partial charge in [0.1, 0.15) is 0 Å². The Morgan fingerprint density at radius 3 is 1.85 bits per heavy atom. The third kappa shape index (κ3) is 9.65. The Labute approximate surface area is 194 Å². The zero-order chi connectivity index (χ0) is 25.0. The summed E-state index contributed by atoms with van der Waals surface area (Å²) in [6.07, 6.45) is 8.52. The Morgan fingerprint density at radius 1 is 0.909 bits per heavy atom. The lowest BCUT2D eigenvalue weighted by atomic mass is 10.0. The Kier molecular flexibility index (Phi) is 12.2. The molecule has 0 aliphatic heterocycles. The van der Waals surface area contributed by atoms with E-state index in [0.29, 0.717) is 12.8 Å². The highest BCUT2D eigenvalue weighted by Gasteiger charge is 2.30. The zero-order valence-electron chi connectivity index (χ0n) is 19.8. The van der Waals surface area contributed by atoms with E-state index in [2.05, 4.69) is 6.92 Å². The number of nitrogens with two attached hydrogens (primary N) is 1. The van der Waals surface area contributed by atoms with Crippen LogP contribution in [0.2, 0.25) is 0 Å². The van der Waals surface area contributed by atoms with E-state index in [0.717, 1.165) is 48.8 Å². The molecule has 33 heavy (non-hydrogen) atoms. The number of nitrogens with zero attached hydrogens (tertiary/aromatic N) is 3. The van der Waals surface area contributed by atoms with Crippen LogP contribution in [-0.2, 0) is 4.79 Å². The number of rotatable bonds is 15. The van der Waals surface area contributed by atoms with Gasteiger partial charge in [-0.3, -0.25) is 34.7 Å². The lowest BCUT2D eigenvalue weighted by Crippen LogP contribution is -2.47. The number of carbonyl (C=O) groups is 2. The molecule has 184 valence electrons. The summed E-state index contributed by atoms with van der Waals surface area (Å²) < 4.78 is 0. The molecule has 1 aromatic rings. The molecule has 1 aromatic carbocycles. The predicted octanol–water partition coefficient (Wildman–Crippen LogP) is 4.99. The first-order valence-corrected chi connectivity index (χ1v) is 11.6. The van der Waals surface area contributed by atoms with Gasteiger partial charge in [0.25, 0.3) is 17.3 Å². The van der Waals surface area contributed by atoms with Crippen molar-refractivity contribution in [2.75, 3.05) is 6.54 Å². The van der Waals surface area contributed by atoms with Crippen LogP contribution >= 0.6 is 0 Å². The van der Waals surface area contributed by atoms with Crippen LogP contribution < -0.4 is 5.73 Å². The first-order chi connectivity index (χ1) is 15.6. The van der Waals surface area contributed by atoms with E-state index < -0.39 is 39.1 Å².